The van der Waals surface area contributed by atoms with Gasteiger partial charge in [-0.15, -0.1) is 0 Å². The largest absolute Gasteiger partial charge is 0.354 e. The van der Waals surface area contributed by atoms with Crippen molar-refractivity contribution in [2.75, 3.05) is 22.5 Å². The third kappa shape index (κ3) is 4.18. The first kappa shape index (κ1) is 15.3. The highest BCUT2D eigenvalue weighted by atomic mass is 16.2. The molecule has 1 amide bonds. The molecular weight excluding hydrogens is 290 g/mol. The van der Waals surface area contributed by atoms with Crippen LogP contribution in [0.15, 0.2) is 30.3 Å². The van der Waals surface area contributed by atoms with Crippen LogP contribution in [-0.4, -0.2) is 22.4 Å². The maximum Gasteiger partial charge on any atom is 0.227 e. The minimum Gasteiger partial charge on any atom is -0.354 e. The SMILES string of the molecule is CCNc1nc(C)cc(Nc2ccc(NC(=O)C3CC3)cc2)n1. The van der Waals surface area contributed by atoms with Crippen molar-refractivity contribution in [2.45, 2.75) is 26.7 Å². The van der Waals surface area contributed by atoms with Crippen LogP contribution >= 0.6 is 0 Å². The van der Waals surface area contributed by atoms with Gasteiger partial charge in [0, 0.05) is 35.6 Å². The Labute approximate surface area is 135 Å². The number of benzene rings is 1. The summed E-state index contributed by atoms with van der Waals surface area (Å²) in [5.41, 5.74) is 2.63. The highest BCUT2D eigenvalue weighted by molar-refractivity contribution is 5.94. The molecule has 0 aliphatic heterocycles. The van der Waals surface area contributed by atoms with Gasteiger partial charge in [0.15, 0.2) is 0 Å². The molecule has 0 radical (unpaired) electrons. The first-order chi connectivity index (χ1) is 11.1. The van der Waals surface area contributed by atoms with Gasteiger partial charge in [0.1, 0.15) is 5.82 Å². The molecule has 6 heteroatoms. The molecule has 1 heterocycles. The summed E-state index contributed by atoms with van der Waals surface area (Å²) in [7, 11) is 0. The molecule has 3 N–H and O–H groups in total. The van der Waals surface area contributed by atoms with Crippen LogP contribution < -0.4 is 16.0 Å². The average molecular weight is 311 g/mol. The maximum atomic E-state index is 11.7. The number of hydrogen-bond acceptors (Lipinski definition) is 5. The molecule has 1 aromatic carbocycles. The zero-order valence-electron chi connectivity index (χ0n) is 13.4. The number of anilines is 4. The molecule has 23 heavy (non-hydrogen) atoms. The predicted octanol–water partition coefficient (Wildman–Crippen LogP) is 3.31. The average Bonchev–Trinajstić information content (AvgIpc) is 3.34. The Balaban J connectivity index is 1.66. The Morgan fingerprint density at radius 2 is 1.87 bits per heavy atom. The molecule has 1 aliphatic carbocycles. The van der Waals surface area contributed by atoms with Gasteiger partial charge in [-0.25, -0.2) is 4.98 Å². The fraction of sp³-hybridized carbons (Fsp3) is 0.353. The quantitative estimate of drug-likeness (QED) is 0.763. The third-order valence-electron chi connectivity index (χ3n) is 3.56. The Bertz CT molecular complexity index is 695. The van der Waals surface area contributed by atoms with Gasteiger partial charge in [0.05, 0.1) is 0 Å². The van der Waals surface area contributed by atoms with Crippen molar-refractivity contribution in [1.29, 1.82) is 0 Å². The van der Waals surface area contributed by atoms with Gasteiger partial charge >= 0.3 is 0 Å². The summed E-state index contributed by atoms with van der Waals surface area (Å²) in [6.45, 7) is 4.72. The molecule has 1 fully saturated rings. The first-order valence-corrected chi connectivity index (χ1v) is 7.91. The van der Waals surface area contributed by atoms with Crippen molar-refractivity contribution >= 4 is 29.0 Å². The standard InChI is InChI=1S/C17H21N5O/c1-3-18-17-19-11(2)10-15(22-17)20-13-6-8-14(9-7-13)21-16(23)12-4-5-12/h6-10,12H,3-5H2,1-2H3,(H,21,23)(H2,18,19,20,22). The van der Waals surface area contributed by atoms with E-state index in [1.807, 2.05) is 44.2 Å². The topological polar surface area (TPSA) is 78.9 Å². The number of carbonyl (C=O) groups is 1. The van der Waals surface area contributed by atoms with E-state index in [0.717, 1.165) is 42.3 Å². The highest BCUT2D eigenvalue weighted by Gasteiger charge is 2.29. The van der Waals surface area contributed by atoms with Crippen LogP contribution in [0.5, 0.6) is 0 Å². The number of aryl methyl sites for hydroxylation is 1. The monoisotopic (exact) mass is 311 g/mol. The lowest BCUT2D eigenvalue weighted by molar-refractivity contribution is -0.117. The number of carbonyl (C=O) groups excluding carboxylic acids is 1. The summed E-state index contributed by atoms with van der Waals surface area (Å²) < 4.78 is 0. The molecule has 0 saturated heterocycles. The highest BCUT2D eigenvalue weighted by Crippen LogP contribution is 2.30. The van der Waals surface area contributed by atoms with E-state index in [1.165, 1.54) is 0 Å². The first-order valence-electron chi connectivity index (χ1n) is 7.91. The van der Waals surface area contributed by atoms with Crippen molar-refractivity contribution in [1.82, 2.24) is 9.97 Å². The van der Waals surface area contributed by atoms with Gasteiger partial charge in [-0.3, -0.25) is 4.79 Å². The van der Waals surface area contributed by atoms with Crippen LogP contribution in [0, 0.1) is 12.8 Å². The van der Waals surface area contributed by atoms with Gasteiger partial charge in [-0.05, 0) is 51.0 Å². The molecule has 0 spiro atoms. The molecule has 1 aromatic heterocycles. The molecule has 1 saturated carbocycles. The summed E-state index contributed by atoms with van der Waals surface area (Å²) in [6.07, 6.45) is 2.01. The van der Waals surface area contributed by atoms with Crippen molar-refractivity contribution in [3.05, 3.63) is 36.0 Å². The second-order valence-corrected chi connectivity index (χ2v) is 5.71. The molecule has 6 nitrogen and oxygen atoms in total. The summed E-state index contributed by atoms with van der Waals surface area (Å²) in [5.74, 6) is 1.68. The molecule has 0 atom stereocenters. The van der Waals surface area contributed by atoms with E-state index in [9.17, 15) is 4.79 Å². The van der Waals surface area contributed by atoms with Crippen molar-refractivity contribution < 1.29 is 4.79 Å². The molecular formula is C17H21N5O. The lowest BCUT2D eigenvalue weighted by Gasteiger charge is -2.10. The maximum absolute atomic E-state index is 11.7. The van der Waals surface area contributed by atoms with E-state index >= 15 is 0 Å². The molecule has 2 aromatic rings. The second kappa shape index (κ2) is 6.64. The van der Waals surface area contributed by atoms with Crippen LogP contribution in [0.1, 0.15) is 25.5 Å². The molecule has 3 rings (SSSR count). The number of nitrogens with one attached hydrogen (secondary N) is 3. The van der Waals surface area contributed by atoms with Crippen molar-refractivity contribution in [3.8, 4) is 0 Å². The normalized spacial score (nSPS) is 13.5. The van der Waals surface area contributed by atoms with Crippen LogP contribution in [0.4, 0.5) is 23.1 Å². The Morgan fingerprint density at radius 3 is 2.52 bits per heavy atom. The Morgan fingerprint density at radius 1 is 1.17 bits per heavy atom. The van der Waals surface area contributed by atoms with Gasteiger partial charge in [-0.2, -0.15) is 4.98 Å². The van der Waals surface area contributed by atoms with E-state index in [1.54, 1.807) is 0 Å². The smallest absolute Gasteiger partial charge is 0.227 e. The van der Waals surface area contributed by atoms with Crippen LogP contribution in [-0.2, 0) is 4.79 Å². The summed E-state index contributed by atoms with van der Waals surface area (Å²) in [6, 6.07) is 9.52. The lowest BCUT2D eigenvalue weighted by Crippen LogP contribution is -2.13. The zero-order chi connectivity index (χ0) is 16.2. The summed E-state index contributed by atoms with van der Waals surface area (Å²) in [5, 5.41) is 9.29. The summed E-state index contributed by atoms with van der Waals surface area (Å²) in [4.78, 5) is 20.5. The van der Waals surface area contributed by atoms with Gasteiger partial charge < -0.3 is 16.0 Å². The fourth-order valence-corrected chi connectivity index (χ4v) is 2.24. The van der Waals surface area contributed by atoms with E-state index in [2.05, 4.69) is 25.9 Å². The Kier molecular flexibility index (Phi) is 4.41. The van der Waals surface area contributed by atoms with Gasteiger partial charge in [0.2, 0.25) is 11.9 Å². The number of rotatable bonds is 6. The van der Waals surface area contributed by atoms with Crippen molar-refractivity contribution in [2.24, 2.45) is 5.92 Å². The number of nitrogens with zero attached hydrogens (tertiary/aromatic N) is 2. The second-order valence-electron chi connectivity index (χ2n) is 5.71. The van der Waals surface area contributed by atoms with Crippen LogP contribution in [0.3, 0.4) is 0 Å². The molecule has 0 unspecified atom stereocenters. The van der Waals surface area contributed by atoms with E-state index in [-0.39, 0.29) is 11.8 Å². The molecule has 1 aliphatic rings. The van der Waals surface area contributed by atoms with Crippen LogP contribution in [0.2, 0.25) is 0 Å². The predicted molar refractivity (Wildman–Crippen MR) is 92.0 cm³/mol. The van der Waals surface area contributed by atoms with Gasteiger partial charge in [-0.1, -0.05) is 0 Å². The van der Waals surface area contributed by atoms with E-state index in [0.29, 0.717) is 5.95 Å². The third-order valence-corrected chi connectivity index (χ3v) is 3.56. The number of amides is 1. The minimum atomic E-state index is 0.118. The fourth-order valence-electron chi connectivity index (χ4n) is 2.24. The Hall–Kier alpha value is -2.63. The number of hydrogen-bond donors (Lipinski definition) is 3. The number of aromatic nitrogens is 2. The van der Waals surface area contributed by atoms with E-state index < -0.39 is 0 Å². The van der Waals surface area contributed by atoms with Gasteiger partial charge in [0.25, 0.3) is 0 Å². The minimum absolute atomic E-state index is 0.118. The van der Waals surface area contributed by atoms with Crippen LogP contribution in [0.25, 0.3) is 0 Å². The van der Waals surface area contributed by atoms with E-state index in [4.69, 9.17) is 0 Å². The zero-order valence-corrected chi connectivity index (χ0v) is 13.4. The molecule has 0 bridgehead atoms. The molecule has 120 valence electrons. The van der Waals surface area contributed by atoms with Crippen molar-refractivity contribution in [3.63, 3.8) is 0 Å². The summed E-state index contributed by atoms with van der Waals surface area (Å²) >= 11 is 0. The lowest BCUT2D eigenvalue weighted by atomic mass is 10.2.